The van der Waals surface area contributed by atoms with Crippen LogP contribution in [0.15, 0.2) is 28.5 Å². The Morgan fingerprint density at radius 1 is 1.44 bits per heavy atom. The Labute approximate surface area is 109 Å². The van der Waals surface area contributed by atoms with Crippen molar-refractivity contribution >= 4 is 11.8 Å². The molecular formula is C11H14N6S. The zero-order valence-corrected chi connectivity index (χ0v) is 10.7. The summed E-state index contributed by atoms with van der Waals surface area (Å²) in [5.74, 6) is 0. The standard InChI is InChI=1S/C11H14N6S/c12-6-5-8-2-1-7-13-10(8)18-11-14-15-16-17(11)9-3-4-9/h1-2,7,9H,3-6,12H2. The van der Waals surface area contributed by atoms with Gasteiger partial charge in [-0.05, 0) is 59.6 Å². The van der Waals surface area contributed by atoms with Gasteiger partial charge in [0.25, 0.3) is 0 Å². The second-order valence-electron chi connectivity index (χ2n) is 4.25. The van der Waals surface area contributed by atoms with Crippen LogP contribution >= 0.6 is 11.8 Å². The Bertz CT molecular complexity index is 536. The van der Waals surface area contributed by atoms with Crippen molar-refractivity contribution in [3.8, 4) is 0 Å². The van der Waals surface area contributed by atoms with E-state index in [-0.39, 0.29) is 0 Å². The predicted octanol–water partition coefficient (Wildman–Crippen LogP) is 1.06. The lowest BCUT2D eigenvalue weighted by molar-refractivity contribution is 0.565. The summed E-state index contributed by atoms with van der Waals surface area (Å²) in [6, 6.07) is 4.45. The molecule has 0 radical (unpaired) electrons. The summed E-state index contributed by atoms with van der Waals surface area (Å²) in [5.41, 5.74) is 6.76. The predicted molar refractivity (Wildman–Crippen MR) is 67.2 cm³/mol. The van der Waals surface area contributed by atoms with E-state index >= 15 is 0 Å². The van der Waals surface area contributed by atoms with Crippen LogP contribution < -0.4 is 5.73 Å². The quantitative estimate of drug-likeness (QED) is 0.867. The largest absolute Gasteiger partial charge is 0.330 e. The highest BCUT2D eigenvalue weighted by atomic mass is 32.2. The second-order valence-corrected chi connectivity index (χ2v) is 5.20. The molecule has 1 fully saturated rings. The first-order valence-electron chi connectivity index (χ1n) is 5.98. The van der Waals surface area contributed by atoms with E-state index in [1.165, 1.54) is 11.8 Å². The number of hydrogen-bond acceptors (Lipinski definition) is 6. The molecule has 1 aliphatic carbocycles. The molecule has 0 bridgehead atoms. The van der Waals surface area contributed by atoms with Crippen LogP contribution in [0.4, 0.5) is 0 Å². The summed E-state index contributed by atoms with van der Waals surface area (Å²) < 4.78 is 1.89. The van der Waals surface area contributed by atoms with E-state index in [9.17, 15) is 0 Å². The van der Waals surface area contributed by atoms with Gasteiger partial charge in [-0.3, -0.25) is 0 Å². The maximum Gasteiger partial charge on any atom is 0.215 e. The van der Waals surface area contributed by atoms with Gasteiger partial charge in [0, 0.05) is 6.20 Å². The lowest BCUT2D eigenvalue weighted by atomic mass is 10.2. The number of tetrazole rings is 1. The van der Waals surface area contributed by atoms with E-state index in [1.807, 2.05) is 16.8 Å². The molecule has 2 N–H and O–H groups in total. The molecule has 0 unspecified atom stereocenters. The van der Waals surface area contributed by atoms with E-state index in [1.54, 1.807) is 6.20 Å². The number of nitrogens with zero attached hydrogens (tertiary/aromatic N) is 5. The van der Waals surface area contributed by atoms with Crippen molar-refractivity contribution in [2.75, 3.05) is 6.54 Å². The first-order chi connectivity index (χ1) is 8.88. The molecule has 2 aromatic rings. The van der Waals surface area contributed by atoms with Gasteiger partial charge < -0.3 is 5.73 Å². The minimum Gasteiger partial charge on any atom is -0.330 e. The van der Waals surface area contributed by atoms with E-state index in [2.05, 4.69) is 20.5 Å². The molecule has 1 saturated carbocycles. The number of pyridine rings is 1. The average Bonchev–Trinajstić information content (AvgIpc) is 3.13. The highest BCUT2D eigenvalue weighted by molar-refractivity contribution is 7.99. The van der Waals surface area contributed by atoms with E-state index in [0.29, 0.717) is 12.6 Å². The third kappa shape index (κ3) is 2.37. The summed E-state index contributed by atoms with van der Waals surface area (Å²) in [7, 11) is 0. The molecule has 94 valence electrons. The monoisotopic (exact) mass is 262 g/mol. The molecular weight excluding hydrogens is 248 g/mol. The molecule has 6 nitrogen and oxygen atoms in total. The van der Waals surface area contributed by atoms with Gasteiger partial charge >= 0.3 is 0 Å². The molecule has 1 aliphatic rings. The first-order valence-corrected chi connectivity index (χ1v) is 6.80. The third-order valence-corrected chi connectivity index (χ3v) is 3.82. The van der Waals surface area contributed by atoms with Crippen molar-refractivity contribution in [1.29, 1.82) is 0 Å². The SMILES string of the molecule is NCCc1cccnc1Sc1nnnn1C1CC1. The fraction of sp³-hybridized carbons (Fsp3) is 0.455. The minimum absolute atomic E-state index is 0.476. The van der Waals surface area contributed by atoms with Crippen LogP contribution in [0.2, 0.25) is 0 Å². The second kappa shape index (κ2) is 5.03. The summed E-state index contributed by atoms with van der Waals surface area (Å²) in [6.45, 7) is 0.618. The van der Waals surface area contributed by atoms with Gasteiger partial charge in [-0.25, -0.2) is 9.67 Å². The minimum atomic E-state index is 0.476. The van der Waals surface area contributed by atoms with Gasteiger partial charge in [-0.15, -0.1) is 5.10 Å². The number of hydrogen-bond donors (Lipinski definition) is 1. The van der Waals surface area contributed by atoms with Crippen LogP contribution in [-0.2, 0) is 6.42 Å². The Morgan fingerprint density at radius 3 is 3.11 bits per heavy atom. The van der Waals surface area contributed by atoms with Crippen molar-refractivity contribution in [3.05, 3.63) is 23.9 Å². The van der Waals surface area contributed by atoms with Crippen molar-refractivity contribution in [2.24, 2.45) is 5.73 Å². The Hall–Kier alpha value is -1.47. The number of nitrogens with two attached hydrogens (primary N) is 1. The van der Waals surface area contributed by atoms with Gasteiger partial charge in [0.15, 0.2) is 0 Å². The van der Waals surface area contributed by atoms with Crippen LogP contribution in [0.5, 0.6) is 0 Å². The molecule has 0 spiro atoms. The maximum absolute atomic E-state index is 5.61. The Morgan fingerprint density at radius 2 is 2.33 bits per heavy atom. The highest BCUT2D eigenvalue weighted by Crippen LogP contribution is 2.38. The molecule has 3 rings (SSSR count). The van der Waals surface area contributed by atoms with Crippen LogP contribution in [0.25, 0.3) is 0 Å². The topological polar surface area (TPSA) is 82.5 Å². The number of rotatable bonds is 5. The number of aromatic nitrogens is 5. The van der Waals surface area contributed by atoms with E-state index in [0.717, 1.165) is 35.0 Å². The summed E-state index contributed by atoms with van der Waals surface area (Å²) in [5, 5.41) is 13.6. The zero-order chi connectivity index (χ0) is 12.4. The van der Waals surface area contributed by atoms with Gasteiger partial charge in [-0.1, -0.05) is 6.07 Å². The molecule has 0 aromatic carbocycles. The van der Waals surface area contributed by atoms with Gasteiger partial charge in [0.2, 0.25) is 5.16 Å². The van der Waals surface area contributed by atoms with Gasteiger partial charge in [0.05, 0.1) is 6.04 Å². The lowest BCUT2D eigenvalue weighted by Gasteiger charge is -2.06. The summed E-state index contributed by atoms with van der Waals surface area (Å²) in [4.78, 5) is 4.39. The van der Waals surface area contributed by atoms with E-state index in [4.69, 9.17) is 5.73 Å². The lowest BCUT2D eigenvalue weighted by Crippen LogP contribution is -2.05. The Kier molecular flexibility index (Phi) is 3.24. The van der Waals surface area contributed by atoms with Crippen LogP contribution in [0.1, 0.15) is 24.4 Å². The molecule has 0 atom stereocenters. The molecule has 7 heteroatoms. The van der Waals surface area contributed by atoms with Gasteiger partial charge in [-0.2, -0.15) is 0 Å². The van der Waals surface area contributed by atoms with Crippen molar-refractivity contribution in [3.63, 3.8) is 0 Å². The molecule has 2 heterocycles. The average molecular weight is 262 g/mol. The summed E-state index contributed by atoms with van der Waals surface area (Å²) in [6.07, 6.45) is 4.93. The zero-order valence-electron chi connectivity index (χ0n) is 9.86. The van der Waals surface area contributed by atoms with Crippen molar-refractivity contribution in [2.45, 2.75) is 35.5 Å². The molecule has 0 amide bonds. The van der Waals surface area contributed by atoms with E-state index < -0.39 is 0 Å². The van der Waals surface area contributed by atoms with Crippen molar-refractivity contribution < 1.29 is 0 Å². The third-order valence-electron chi connectivity index (χ3n) is 2.81. The van der Waals surface area contributed by atoms with Crippen molar-refractivity contribution in [1.82, 2.24) is 25.2 Å². The first kappa shape index (κ1) is 11.6. The fourth-order valence-electron chi connectivity index (χ4n) is 1.75. The molecule has 18 heavy (non-hydrogen) atoms. The normalized spacial score (nSPS) is 14.9. The fourth-order valence-corrected chi connectivity index (χ4v) is 2.69. The molecule has 0 saturated heterocycles. The van der Waals surface area contributed by atoms with Crippen LogP contribution in [0.3, 0.4) is 0 Å². The summed E-state index contributed by atoms with van der Waals surface area (Å²) >= 11 is 1.52. The molecule has 0 aliphatic heterocycles. The van der Waals surface area contributed by atoms with Crippen LogP contribution in [0, 0.1) is 0 Å². The van der Waals surface area contributed by atoms with Gasteiger partial charge in [0.1, 0.15) is 5.03 Å². The molecule has 2 aromatic heterocycles. The Balaban J connectivity index is 1.85. The smallest absolute Gasteiger partial charge is 0.215 e. The maximum atomic E-state index is 5.61. The van der Waals surface area contributed by atoms with Crippen LogP contribution in [-0.4, -0.2) is 31.7 Å². The highest BCUT2D eigenvalue weighted by Gasteiger charge is 2.28.